The topological polar surface area (TPSA) is 72.7 Å². The zero-order valence-electron chi connectivity index (χ0n) is 16.5. The quantitative estimate of drug-likeness (QED) is 0.545. The van der Waals surface area contributed by atoms with Gasteiger partial charge in [-0.2, -0.15) is 0 Å². The molecule has 0 radical (unpaired) electrons. The van der Waals surface area contributed by atoms with Gasteiger partial charge in [-0.05, 0) is 50.3 Å². The Hall–Kier alpha value is -2.67. The molecule has 4 rings (SSSR count). The van der Waals surface area contributed by atoms with Crippen LogP contribution < -0.4 is 5.32 Å². The molecular formula is C22H25N5OS. The zero-order valence-corrected chi connectivity index (χ0v) is 17.3. The van der Waals surface area contributed by atoms with Gasteiger partial charge < -0.3 is 5.32 Å². The Kier molecular flexibility index (Phi) is 6.24. The van der Waals surface area contributed by atoms with Gasteiger partial charge in [0.15, 0.2) is 11.0 Å². The fraction of sp³-hybridized carbons (Fsp3) is 0.364. The van der Waals surface area contributed by atoms with Gasteiger partial charge in [0.25, 0.3) is 0 Å². The van der Waals surface area contributed by atoms with Gasteiger partial charge in [0.1, 0.15) is 0 Å². The van der Waals surface area contributed by atoms with Gasteiger partial charge in [0, 0.05) is 30.0 Å². The molecule has 0 aliphatic heterocycles. The number of aryl methyl sites for hydroxylation is 1. The number of hydrogen-bond acceptors (Lipinski definition) is 5. The Balaban J connectivity index is 1.32. The van der Waals surface area contributed by atoms with Crippen molar-refractivity contribution in [1.82, 2.24) is 25.1 Å². The molecule has 0 saturated heterocycles. The summed E-state index contributed by atoms with van der Waals surface area (Å²) in [4.78, 5) is 16.5. The lowest BCUT2D eigenvalue weighted by Gasteiger charge is -2.14. The second kappa shape index (κ2) is 9.22. The molecule has 0 unspecified atom stereocenters. The van der Waals surface area contributed by atoms with Crippen LogP contribution in [0.25, 0.3) is 11.4 Å². The monoisotopic (exact) mass is 407 g/mol. The molecule has 1 aliphatic carbocycles. The summed E-state index contributed by atoms with van der Waals surface area (Å²) in [5, 5.41) is 12.6. The number of carbonyl (C=O) groups excluding carboxylic acids is 1. The van der Waals surface area contributed by atoms with Crippen LogP contribution in [-0.4, -0.2) is 37.5 Å². The fourth-order valence-corrected chi connectivity index (χ4v) is 4.10. The van der Waals surface area contributed by atoms with Gasteiger partial charge >= 0.3 is 0 Å². The number of aromatic nitrogens is 4. The van der Waals surface area contributed by atoms with Crippen molar-refractivity contribution in [1.29, 1.82) is 0 Å². The van der Waals surface area contributed by atoms with Gasteiger partial charge in [-0.15, -0.1) is 10.2 Å². The van der Waals surface area contributed by atoms with Gasteiger partial charge in [-0.1, -0.05) is 42.1 Å². The molecular weight excluding hydrogens is 382 g/mol. The van der Waals surface area contributed by atoms with Crippen LogP contribution in [0.15, 0.2) is 60.0 Å². The zero-order chi connectivity index (χ0) is 20.1. The smallest absolute Gasteiger partial charge is 0.230 e. The normalized spacial score (nSPS) is 14.5. The minimum Gasteiger partial charge on any atom is -0.353 e. The maximum atomic E-state index is 12.4. The predicted octanol–water partition coefficient (Wildman–Crippen LogP) is 3.90. The van der Waals surface area contributed by atoms with Crippen LogP contribution >= 0.6 is 11.8 Å². The summed E-state index contributed by atoms with van der Waals surface area (Å²) in [5.74, 6) is 1.23. The van der Waals surface area contributed by atoms with Gasteiger partial charge in [0.2, 0.25) is 5.91 Å². The number of pyridine rings is 1. The third-order valence-electron chi connectivity index (χ3n) is 4.96. The molecule has 3 aromatic rings. The van der Waals surface area contributed by atoms with Crippen molar-refractivity contribution in [2.75, 3.05) is 5.75 Å². The first-order valence-corrected chi connectivity index (χ1v) is 11.0. The van der Waals surface area contributed by atoms with E-state index in [1.807, 2.05) is 30.3 Å². The summed E-state index contributed by atoms with van der Waals surface area (Å²) >= 11 is 1.46. The first-order chi connectivity index (χ1) is 14.2. The second-order valence-corrected chi connectivity index (χ2v) is 8.37. The third-order valence-corrected chi connectivity index (χ3v) is 5.91. The highest BCUT2D eigenvalue weighted by atomic mass is 32.2. The lowest BCUT2D eigenvalue weighted by molar-refractivity contribution is -0.119. The number of nitrogens with zero attached hydrogens (tertiary/aromatic N) is 4. The molecule has 0 bridgehead atoms. The third kappa shape index (κ3) is 5.23. The van der Waals surface area contributed by atoms with E-state index in [4.69, 9.17) is 0 Å². The fourth-order valence-electron chi connectivity index (χ4n) is 3.28. The van der Waals surface area contributed by atoms with Crippen LogP contribution in [0.1, 0.15) is 37.8 Å². The molecule has 7 heteroatoms. The average molecular weight is 408 g/mol. The maximum Gasteiger partial charge on any atom is 0.230 e. The molecule has 1 aromatic carbocycles. The number of benzene rings is 1. The number of nitrogens with one attached hydrogen (secondary N) is 1. The van der Waals surface area contributed by atoms with E-state index in [0.717, 1.165) is 42.2 Å². The van der Waals surface area contributed by atoms with E-state index in [0.29, 0.717) is 11.8 Å². The number of hydrogen-bond donors (Lipinski definition) is 1. The highest BCUT2D eigenvalue weighted by Gasteiger charge is 2.30. The SMILES string of the molecule is C[C@@H](CCc1ccccc1)NC(=O)CSc1nnc(-c2ccncc2)n1C1CC1. The Morgan fingerprint density at radius 3 is 2.66 bits per heavy atom. The molecule has 1 saturated carbocycles. The largest absolute Gasteiger partial charge is 0.353 e. The molecule has 0 spiro atoms. The van der Waals surface area contributed by atoms with Crippen LogP contribution in [0.3, 0.4) is 0 Å². The molecule has 1 fully saturated rings. The number of carbonyl (C=O) groups is 1. The minimum absolute atomic E-state index is 0.0337. The van der Waals surface area contributed by atoms with Crippen LogP contribution in [0, 0.1) is 0 Å². The Labute approximate surface area is 175 Å². The molecule has 2 aromatic heterocycles. The van der Waals surface area contributed by atoms with Gasteiger partial charge in [-0.25, -0.2) is 0 Å². The molecule has 1 atom stereocenters. The minimum atomic E-state index is 0.0337. The summed E-state index contributed by atoms with van der Waals surface area (Å²) in [7, 11) is 0. The maximum absolute atomic E-state index is 12.4. The van der Waals surface area contributed by atoms with Crippen LogP contribution in [0.5, 0.6) is 0 Å². The van der Waals surface area contributed by atoms with E-state index < -0.39 is 0 Å². The van der Waals surface area contributed by atoms with Gasteiger partial charge in [-0.3, -0.25) is 14.3 Å². The molecule has 6 nitrogen and oxygen atoms in total. The molecule has 1 amide bonds. The van der Waals surface area contributed by atoms with E-state index in [1.165, 1.54) is 17.3 Å². The van der Waals surface area contributed by atoms with Crippen LogP contribution in [0.2, 0.25) is 0 Å². The lowest BCUT2D eigenvalue weighted by atomic mass is 10.1. The molecule has 1 N–H and O–H groups in total. The van der Waals surface area contributed by atoms with Crippen molar-refractivity contribution in [2.24, 2.45) is 0 Å². The summed E-state index contributed by atoms with van der Waals surface area (Å²) < 4.78 is 2.17. The first kappa shape index (κ1) is 19.6. The van der Waals surface area contributed by atoms with E-state index in [-0.39, 0.29) is 11.9 Å². The molecule has 2 heterocycles. The predicted molar refractivity (Wildman–Crippen MR) is 115 cm³/mol. The van der Waals surface area contributed by atoms with E-state index in [9.17, 15) is 4.79 Å². The van der Waals surface area contributed by atoms with Crippen molar-refractivity contribution < 1.29 is 4.79 Å². The Bertz CT molecular complexity index is 940. The molecule has 29 heavy (non-hydrogen) atoms. The highest BCUT2D eigenvalue weighted by molar-refractivity contribution is 7.99. The number of amides is 1. The number of rotatable bonds is 9. The summed E-state index contributed by atoms with van der Waals surface area (Å²) in [5.41, 5.74) is 2.30. The molecule has 150 valence electrons. The Morgan fingerprint density at radius 2 is 1.93 bits per heavy atom. The van der Waals surface area contributed by atoms with Crippen LogP contribution in [-0.2, 0) is 11.2 Å². The molecule has 1 aliphatic rings. The lowest BCUT2D eigenvalue weighted by Crippen LogP contribution is -2.34. The summed E-state index contributed by atoms with van der Waals surface area (Å²) in [6, 6.07) is 14.8. The van der Waals surface area contributed by atoms with Crippen molar-refractivity contribution >= 4 is 17.7 Å². The van der Waals surface area contributed by atoms with E-state index >= 15 is 0 Å². The van der Waals surface area contributed by atoms with Gasteiger partial charge in [0.05, 0.1) is 5.75 Å². The summed E-state index contributed by atoms with van der Waals surface area (Å²) in [6.45, 7) is 2.06. The second-order valence-electron chi connectivity index (χ2n) is 7.42. The first-order valence-electron chi connectivity index (χ1n) is 10.0. The van der Waals surface area contributed by atoms with Crippen LogP contribution in [0.4, 0.5) is 0 Å². The van der Waals surface area contributed by atoms with Crippen molar-refractivity contribution in [3.63, 3.8) is 0 Å². The average Bonchev–Trinajstić information content (AvgIpc) is 3.51. The van der Waals surface area contributed by atoms with Crippen molar-refractivity contribution in [3.05, 3.63) is 60.4 Å². The highest BCUT2D eigenvalue weighted by Crippen LogP contribution is 2.40. The van der Waals surface area contributed by atoms with Crippen molar-refractivity contribution in [2.45, 2.75) is 49.8 Å². The van der Waals surface area contributed by atoms with E-state index in [2.05, 4.69) is 44.1 Å². The van der Waals surface area contributed by atoms with Crippen molar-refractivity contribution in [3.8, 4) is 11.4 Å². The van der Waals surface area contributed by atoms with E-state index in [1.54, 1.807) is 12.4 Å². The Morgan fingerprint density at radius 1 is 1.17 bits per heavy atom. The number of thioether (sulfide) groups is 1. The summed E-state index contributed by atoms with van der Waals surface area (Å²) in [6.07, 6.45) is 7.67. The standard InChI is InChI=1S/C22H25N5OS/c1-16(7-8-17-5-3-2-4-6-17)24-20(28)15-29-22-26-25-21(27(22)19-9-10-19)18-11-13-23-14-12-18/h2-6,11-14,16,19H,7-10,15H2,1H3,(H,24,28)/t16-/m0/s1.